The van der Waals surface area contributed by atoms with Gasteiger partial charge in [0, 0.05) is 11.6 Å². The molecule has 1 amide bonds. The monoisotopic (exact) mass is 167 g/mol. The van der Waals surface area contributed by atoms with Crippen LogP contribution in [0.1, 0.15) is 33.6 Å². The Labute approximate surface area is 74.0 Å². The Kier molecular flexibility index (Phi) is 2.90. The maximum atomic E-state index is 11.3. The first-order valence-electron chi connectivity index (χ1n) is 4.62. The highest BCUT2D eigenvalue weighted by molar-refractivity contribution is 5.82. The van der Waals surface area contributed by atoms with Crippen molar-refractivity contribution in [2.24, 2.45) is 11.8 Å². The molecule has 0 heterocycles. The zero-order valence-corrected chi connectivity index (χ0v) is 8.05. The molecule has 12 heavy (non-hydrogen) atoms. The summed E-state index contributed by atoms with van der Waals surface area (Å²) in [4.78, 5) is 11.3. The van der Waals surface area contributed by atoms with E-state index in [4.69, 9.17) is 0 Å². The Morgan fingerprint density at radius 1 is 1.50 bits per heavy atom. The molecular weight excluding hydrogens is 150 g/mol. The molecule has 0 aromatic carbocycles. The summed E-state index contributed by atoms with van der Waals surface area (Å²) in [6.45, 7) is 6.13. The Morgan fingerprint density at radius 3 is 2.42 bits per heavy atom. The van der Waals surface area contributed by atoms with Gasteiger partial charge in [0.2, 0.25) is 5.91 Å². The third kappa shape index (κ3) is 2.36. The molecule has 0 bridgehead atoms. The minimum Gasteiger partial charge on any atom is -0.330 e. The Bertz CT molecular complexity index is 202. The Morgan fingerprint density at radius 2 is 2.08 bits per heavy atom. The summed E-state index contributed by atoms with van der Waals surface area (Å²) < 4.78 is 0. The summed E-state index contributed by atoms with van der Waals surface area (Å²) in [7, 11) is 0. The van der Waals surface area contributed by atoms with Crippen LogP contribution in [0, 0.1) is 11.8 Å². The van der Waals surface area contributed by atoms with Gasteiger partial charge in [-0.25, -0.2) is 0 Å². The van der Waals surface area contributed by atoms with Crippen molar-refractivity contribution in [1.29, 1.82) is 0 Å². The highest BCUT2D eigenvalue weighted by Gasteiger charge is 2.29. The van der Waals surface area contributed by atoms with Crippen molar-refractivity contribution in [3.63, 3.8) is 0 Å². The summed E-state index contributed by atoms with van der Waals surface area (Å²) in [5.74, 6) is 0.924. The second-order valence-electron chi connectivity index (χ2n) is 3.66. The van der Waals surface area contributed by atoms with E-state index >= 15 is 0 Å². The minimum atomic E-state index is 0.205. The Balaban J connectivity index is 2.41. The molecule has 0 radical (unpaired) electrons. The van der Waals surface area contributed by atoms with Crippen LogP contribution in [-0.4, -0.2) is 5.91 Å². The van der Waals surface area contributed by atoms with Gasteiger partial charge in [-0.15, -0.1) is 0 Å². The fourth-order valence-corrected chi connectivity index (χ4v) is 1.14. The normalized spacial score (nSPS) is 18.2. The van der Waals surface area contributed by atoms with Gasteiger partial charge in [0.15, 0.2) is 0 Å². The molecule has 1 saturated carbocycles. The summed E-state index contributed by atoms with van der Waals surface area (Å²) in [5, 5.41) is 2.95. The van der Waals surface area contributed by atoms with E-state index < -0.39 is 0 Å². The molecule has 1 N–H and O–H groups in total. The van der Waals surface area contributed by atoms with Gasteiger partial charge in [0.1, 0.15) is 0 Å². The lowest BCUT2D eigenvalue weighted by molar-refractivity contribution is -0.121. The smallest absolute Gasteiger partial charge is 0.227 e. The fraction of sp³-hybridized carbons (Fsp3) is 0.700. The summed E-state index contributed by atoms with van der Waals surface area (Å²) in [6, 6.07) is 0. The van der Waals surface area contributed by atoms with E-state index in [1.807, 2.05) is 13.0 Å². The van der Waals surface area contributed by atoms with E-state index in [2.05, 4.69) is 19.2 Å². The standard InChI is InChI=1S/C10H17NO/c1-4-9(7(2)3)11-10(12)8-5-6-8/h4,7-8H,5-6H2,1-3H3,(H,11,12)/b9-4+. The van der Waals surface area contributed by atoms with E-state index in [1.54, 1.807) is 0 Å². The predicted molar refractivity (Wildman–Crippen MR) is 49.5 cm³/mol. The number of amides is 1. The van der Waals surface area contributed by atoms with Crippen LogP contribution in [0.15, 0.2) is 11.8 Å². The van der Waals surface area contributed by atoms with Crippen molar-refractivity contribution in [3.8, 4) is 0 Å². The van der Waals surface area contributed by atoms with Crippen LogP contribution in [0.3, 0.4) is 0 Å². The Hall–Kier alpha value is -0.790. The topological polar surface area (TPSA) is 29.1 Å². The zero-order chi connectivity index (χ0) is 9.14. The zero-order valence-electron chi connectivity index (χ0n) is 8.05. The average Bonchev–Trinajstić information content (AvgIpc) is 2.80. The van der Waals surface area contributed by atoms with Crippen molar-refractivity contribution in [1.82, 2.24) is 5.32 Å². The second-order valence-corrected chi connectivity index (χ2v) is 3.66. The molecule has 0 atom stereocenters. The van der Waals surface area contributed by atoms with Crippen LogP contribution < -0.4 is 5.32 Å². The number of allylic oxidation sites excluding steroid dienone is 2. The molecule has 1 fully saturated rings. The van der Waals surface area contributed by atoms with Gasteiger partial charge in [0.05, 0.1) is 0 Å². The van der Waals surface area contributed by atoms with Crippen LogP contribution in [0.4, 0.5) is 0 Å². The molecule has 0 aromatic rings. The molecule has 0 aromatic heterocycles. The number of rotatable bonds is 3. The van der Waals surface area contributed by atoms with E-state index in [0.29, 0.717) is 11.8 Å². The molecule has 2 nitrogen and oxygen atoms in total. The number of carbonyl (C=O) groups excluding carboxylic acids is 1. The lowest BCUT2D eigenvalue weighted by Crippen LogP contribution is -2.26. The third-order valence-electron chi connectivity index (χ3n) is 2.15. The van der Waals surface area contributed by atoms with Crippen molar-refractivity contribution >= 4 is 5.91 Å². The van der Waals surface area contributed by atoms with E-state index in [0.717, 1.165) is 18.5 Å². The second kappa shape index (κ2) is 3.74. The number of hydrogen-bond acceptors (Lipinski definition) is 1. The number of carbonyl (C=O) groups is 1. The van der Waals surface area contributed by atoms with Crippen LogP contribution in [0.25, 0.3) is 0 Å². The minimum absolute atomic E-state index is 0.205. The molecule has 1 rings (SSSR count). The number of hydrogen-bond donors (Lipinski definition) is 1. The lowest BCUT2D eigenvalue weighted by atomic mass is 10.1. The molecule has 1 aliphatic carbocycles. The van der Waals surface area contributed by atoms with Crippen molar-refractivity contribution in [3.05, 3.63) is 11.8 Å². The summed E-state index contributed by atoms with van der Waals surface area (Å²) >= 11 is 0. The van der Waals surface area contributed by atoms with Crippen molar-refractivity contribution in [2.75, 3.05) is 0 Å². The predicted octanol–water partition coefficient (Wildman–Crippen LogP) is 2.07. The molecule has 0 spiro atoms. The van der Waals surface area contributed by atoms with Gasteiger partial charge in [-0.05, 0) is 25.7 Å². The highest BCUT2D eigenvalue weighted by Crippen LogP contribution is 2.29. The fourth-order valence-electron chi connectivity index (χ4n) is 1.14. The maximum Gasteiger partial charge on any atom is 0.227 e. The molecule has 0 saturated heterocycles. The van der Waals surface area contributed by atoms with E-state index in [1.165, 1.54) is 0 Å². The molecular formula is C10H17NO. The van der Waals surface area contributed by atoms with Crippen molar-refractivity contribution in [2.45, 2.75) is 33.6 Å². The average molecular weight is 167 g/mol. The maximum absolute atomic E-state index is 11.3. The first-order valence-corrected chi connectivity index (χ1v) is 4.62. The van der Waals surface area contributed by atoms with Gasteiger partial charge in [-0.3, -0.25) is 4.79 Å². The van der Waals surface area contributed by atoms with Gasteiger partial charge < -0.3 is 5.32 Å². The van der Waals surface area contributed by atoms with Gasteiger partial charge in [0.25, 0.3) is 0 Å². The third-order valence-corrected chi connectivity index (χ3v) is 2.15. The first kappa shape index (κ1) is 9.30. The molecule has 68 valence electrons. The largest absolute Gasteiger partial charge is 0.330 e. The van der Waals surface area contributed by atoms with Crippen molar-refractivity contribution < 1.29 is 4.79 Å². The molecule has 2 heteroatoms. The SMILES string of the molecule is C/C=C(/NC(=O)C1CC1)C(C)C. The van der Waals surface area contributed by atoms with Gasteiger partial charge in [-0.2, -0.15) is 0 Å². The van der Waals surface area contributed by atoms with Crippen LogP contribution >= 0.6 is 0 Å². The highest BCUT2D eigenvalue weighted by atomic mass is 16.2. The lowest BCUT2D eigenvalue weighted by Gasteiger charge is -2.11. The number of nitrogens with one attached hydrogen (secondary N) is 1. The van der Waals surface area contributed by atoms with Gasteiger partial charge >= 0.3 is 0 Å². The van der Waals surface area contributed by atoms with E-state index in [9.17, 15) is 4.79 Å². The quantitative estimate of drug-likeness (QED) is 0.685. The van der Waals surface area contributed by atoms with Crippen LogP contribution in [-0.2, 0) is 4.79 Å². The molecule has 0 aliphatic heterocycles. The molecule has 1 aliphatic rings. The van der Waals surface area contributed by atoms with E-state index in [-0.39, 0.29) is 5.91 Å². The molecule has 0 unspecified atom stereocenters. The van der Waals surface area contributed by atoms with Crippen LogP contribution in [0.5, 0.6) is 0 Å². The van der Waals surface area contributed by atoms with Crippen LogP contribution in [0.2, 0.25) is 0 Å². The summed E-state index contributed by atoms with van der Waals surface area (Å²) in [5.41, 5.74) is 1.05. The first-order chi connectivity index (χ1) is 5.65. The summed E-state index contributed by atoms with van der Waals surface area (Å²) in [6.07, 6.45) is 4.12. The van der Waals surface area contributed by atoms with Gasteiger partial charge in [-0.1, -0.05) is 19.9 Å².